The van der Waals surface area contributed by atoms with E-state index >= 15 is 0 Å². The van der Waals surface area contributed by atoms with Crippen LogP contribution in [0.5, 0.6) is 0 Å². The number of piperidine rings is 1. The van der Waals surface area contributed by atoms with Crippen LogP contribution in [0, 0.1) is 0 Å². The van der Waals surface area contributed by atoms with Crippen LogP contribution >= 0.6 is 0 Å². The Morgan fingerprint density at radius 1 is 0.889 bits per heavy atom. The van der Waals surface area contributed by atoms with Gasteiger partial charge in [-0.05, 0) is 51.6 Å². The van der Waals surface area contributed by atoms with Crippen molar-refractivity contribution in [1.29, 1.82) is 0 Å². The maximum atomic E-state index is 12.6. The first-order valence-electron chi connectivity index (χ1n) is 10.9. The van der Waals surface area contributed by atoms with Crippen molar-refractivity contribution in [2.75, 3.05) is 50.7 Å². The molecule has 148 valence electrons. The third kappa shape index (κ3) is 4.78. The highest BCUT2D eigenvalue weighted by molar-refractivity contribution is 5.78. The Morgan fingerprint density at radius 3 is 2.26 bits per heavy atom. The molecule has 4 rings (SSSR count). The van der Waals surface area contributed by atoms with E-state index < -0.39 is 0 Å². The van der Waals surface area contributed by atoms with Gasteiger partial charge in [0.1, 0.15) is 12.1 Å². The summed E-state index contributed by atoms with van der Waals surface area (Å²) in [6, 6.07) is 2.20. The summed E-state index contributed by atoms with van der Waals surface area (Å²) in [6.07, 6.45) is 11.3. The van der Waals surface area contributed by atoms with Gasteiger partial charge in [0.25, 0.3) is 0 Å². The summed E-state index contributed by atoms with van der Waals surface area (Å²) in [4.78, 5) is 28.5. The van der Waals surface area contributed by atoms with Crippen molar-refractivity contribution in [3.63, 3.8) is 0 Å². The van der Waals surface area contributed by atoms with Crippen molar-refractivity contribution < 1.29 is 4.79 Å². The average molecular weight is 372 g/mol. The van der Waals surface area contributed by atoms with Crippen molar-refractivity contribution in [2.45, 2.75) is 57.3 Å². The summed E-state index contributed by atoms with van der Waals surface area (Å²) in [5.41, 5.74) is 1.19. The van der Waals surface area contributed by atoms with Gasteiger partial charge in [0, 0.05) is 43.9 Å². The molecule has 1 aromatic rings. The van der Waals surface area contributed by atoms with Gasteiger partial charge in [-0.2, -0.15) is 0 Å². The van der Waals surface area contributed by atoms with Gasteiger partial charge >= 0.3 is 0 Å². The number of carbonyl (C=O) groups excluding carboxylic acids is 1. The Bertz CT molecular complexity index is 615. The molecule has 0 bridgehead atoms. The Morgan fingerprint density at radius 2 is 1.56 bits per heavy atom. The van der Waals surface area contributed by atoms with Crippen molar-refractivity contribution in [3.8, 4) is 0 Å². The number of hydrogen-bond donors (Lipinski definition) is 0. The van der Waals surface area contributed by atoms with E-state index in [1.165, 1.54) is 44.2 Å². The molecule has 1 aromatic heterocycles. The van der Waals surface area contributed by atoms with E-state index in [4.69, 9.17) is 0 Å². The topological polar surface area (TPSA) is 52.6 Å². The van der Waals surface area contributed by atoms with Gasteiger partial charge in [-0.1, -0.05) is 12.8 Å². The van der Waals surface area contributed by atoms with Gasteiger partial charge in [-0.3, -0.25) is 9.69 Å². The van der Waals surface area contributed by atoms with E-state index in [0.717, 1.165) is 57.9 Å². The zero-order valence-electron chi connectivity index (χ0n) is 16.5. The van der Waals surface area contributed by atoms with E-state index in [9.17, 15) is 4.79 Å². The van der Waals surface area contributed by atoms with E-state index in [-0.39, 0.29) is 0 Å². The smallest absolute Gasteiger partial charge is 0.236 e. The molecule has 0 unspecified atom stereocenters. The highest BCUT2D eigenvalue weighted by atomic mass is 16.2. The lowest BCUT2D eigenvalue weighted by Gasteiger charge is -2.33. The van der Waals surface area contributed by atoms with Crippen LogP contribution in [0.1, 0.15) is 63.0 Å². The molecule has 0 radical (unpaired) electrons. The molecule has 0 aliphatic carbocycles. The van der Waals surface area contributed by atoms with Crippen molar-refractivity contribution >= 4 is 11.7 Å². The van der Waals surface area contributed by atoms with Gasteiger partial charge in [-0.25, -0.2) is 9.97 Å². The summed E-state index contributed by atoms with van der Waals surface area (Å²) < 4.78 is 0. The van der Waals surface area contributed by atoms with Crippen LogP contribution in [0.2, 0.25) is 0 Å². The van der Waals surface area contributed by atoms with Crippen LogP contribution in [0.15, 0.2) is 12.4 Å². The lowest BCUT2D eigenvalue weighted by Crippen LogP contribution is -2.43. The number of anilines is 1. The molecule has 1 amide bonds. The molecule has 3 aliphatic rings. The minimum atomic E-state index is 0.328. The summed E-state index contributed by atoms with van der Waals surface area (Å²) in [6.45, 7) is 6.72. The zero-order chi connectivity index (χ0) is 18.5. The van der Waals surface area contributed by atoms with Gasteiger partial charge < -0.3 is 9.80 Å². The summed E-state index contributed by atoms with van der Waals surface area (Å²) in [5.74, 6) is 1.92. The number of amides is 1. The SMILES string of the molecule is O=C(CN1CCC(c2cc(N3CCCC3)ncn2)CC1)N1CCCCCC1. The summed E-state index contributed by atoms with van der Waals surface area (Å²) in [7, 11) is 0. The predicted octanol–water partition coefficient (Wildman–Crippen LogP) is 2.66. The van der Waals surface area contributed by atoms with Crippen LogP contribution in [-0.4, -0.2) is 71.5 Å². The molecule has 6 heteroatoms. The quantitative estimate of drug-likeness (QED) is 0.814. The molecule has 0 spiro atoms. The minimum absolute atomic E-state index is 0.328. The first-order valence-corrected chi connectivity index (χ1v) is 10.9. The third-order valence-electron chi connectivity index (χ3n) is 6.43. The van der Waals surface area contributed by atoms with Crippen molar-refractivity contribution in [2.24, 2.45) is 0 Å². The third-order valence-corrected chi connectivity index (χ3v) is 6.43. The maximum Gasteiger partial charge on any atom is 0.236 e. The van der Waals surface area contributed by atoms with E-state index in [2.05, 4.69) is 30.7 Å². The van der Waals surface area contributed by atoms with Crippen LogP contribution in [0.25, 0.3) is 0 Å². The van der Waals surface area contributed by atoms with Gasteiger partial charge in [0.05, 0.1) is 6.54 Å². The van der Waals surface area contributed by atoms with E-state index in [1.807, 2.05) is 0 Å². The first kappa shape index (κ1) is 18.7. The standard InChI is InChI=1S/C21H33N5O/c27-21(26-11-3-1-2-4-12-26)16-24-13-7-18(8-14-24)19-15-20(23-17-22-19)25-9-5-6-10-25/h15,17-18H,1-14,16H2. The predicted molar refractivity (Wildman–Crippen MR) is 107 cm³/mol. The fourth-order valence-corrected chi connectivity index (χ4v) is 4.70. The highest BCUT2D eigenvalue weighted by Gasteiger charge is 2.25. The first-order chi connectivity index (χ1) is 13.3. The average Bonchev–Trinajstić information content (AvgIpc) is 3.11. The highest BCUT2D eigenvalue weighted by Crippen LogP contribution is 2.29. The molecule has 0 N–H and O–H groups in total. The molecule has 0 saturated carbocycles. The van der Waals surface area contributed by atoms with Crippen LogP contribution < -0.4 is 4.90 Å². The molecule has 3 saturated heterocycles. The number of nitrogens with zero attached hydrogens (tertiary/aromatic N) is 5. The molecular formula is C21H33N5O. The molecule has 27 heavy (non-hydrogen) atoms. The fraction of sp³-hybridized carbons (Fsp3) is 0.762. The Labute approximate surface area is 162 Å². The number of rotatable bonds is 4. The van der Waals surface area contributed by atoms with E-state index in [0.29, 0.717) is 18.4 Å². The summed E-state index contributed by atoms with van der Waals surface area (Å²) in [5, 5.41) is 0. The van der Waals surface area contributed by atoms with Gasteiger partial charge in [0.15, 0.2) is 0 Å². The van der Waals surface area contributed by atoms with Crippen LogP contribution in [0.4, 0.5) is 5.82 Å². The lowest BCUT2D eigenvalue weighted by molar-refractivity contribution is -0.132. The zero-order valence-corrected chi connectivity index (χ0v) is 16.5. The molecule has 0 aromatic carbocycles. The molecule has 6 nitrogen and oxygen atoms in total. The number of hydrogen-bond acceptors (Lipinski definition) is 5. The van der Waals surface area contributed by atoms with Gasteiger partial charge in [0.2, 0.25) is 5.91 Å². The second kappa shape index (κ2) is 9.00. The minimum Gasteiger partial charge on any atom is -0.357 e. The molecular weight excluding hydrogens is 338 g/mol. The normalized spacial score (nSPS) is 22.8. The number of carbonyl (C=O) groups is 1. The molecule has 3 fully saturated rings. The van der Waals surface area contributed by atoms with Crippen LogP contribution in [0.3, 0.4) is 0 Å². The Kier molecular flexibility index (Phi) is 6.22. The second-order valence-corrected chi connectivity index (χ2v) is 8.34. The fourth-order valence-electron chi connectivity index (χ4n) is 4.70. The molecule has 4 heterocycles. The van der Waals surface area contributed by atoms with Gasteiger partial charge in [-0.15, -0.1) is 0 Å². The number of likely N-dealkylation sites (tertiary alicyclic amines) is 2. The van der Waals surface area contributed by atoms with Crippen LogP contribution in [-0.2, 0) is 4.79 Å². The lowest BCUT2D eigenvalue weighted by atomic mass is 9.93. The van der Waals surface area contributed by atoms with Crippen molar-refractivity contribution in [3.05, 3.63) is 18.1 Å². The monoisotopic (exact) mass is 371 g/mol. The molecule has 3 aliphatic heterocycles. The number of aromatic nitrogens is 2. The summed E-state index contributed by atoms with van der Waals surface area (Å²) >= 11 is 0. The Hall–Kier alpha value is -1.69. The maximum absolute atomic E-state index is 12.6. The van der Waals surface area contributed by atoms with E-state index in [1.54, 1.807) is 6.33 Å². The molecule has 0 atom stereocenters. The van der Waals surface area contributed by atoms with Crippen molar-refractivity contribution in [1.82, 2.24) is 19.8 Å². The largest absolute Gasteiger partial charge is 0.357 e. The Balaban J connectivity index is 1.28. The second-order valence-electron chi connectivity index (χ2n) is 8.34.